The highest BCUT2D eigenvalue weighted by Gasteiger charge is 2.42. The van der Waals surface area contributed by atoms with E-state index in [0.717, 1.165) is 41.0 Å². The predicted octanol–water partition coefficient (Wildman–Crippen LogP) is 2.05. The molecule has 2 aromatic rings. The molecule has 5 nitrogen and oxygen atoms in total. The van der Waals surface area contributed by atoms with E-state index in [1.165, 1.54) is 0 Å². The molecule has 1 saturated carbocycles. The first-order valence-electron chi connectivity index (χ1n) is 6.17. The summed E-state index contributed by atoms with van der Waals surface area (Å²) >= 11 is 0. The van der Waals surface area contributed by atoms with Crippen LogP contribution in [0.25, 0.3) is 11.4 Å². The van der Waals surface area contributed by atoms with Crippen molar-refractivity contribution in [2.24, 2.45) is 0 Å². The quantitative estimate of drug-likeness (QED) is 0.819. The molecule has 1 aliphatic rings. The number of nitrogen functional groups attached to an aromatic ring is 1. The van der Waals surface area contributed by atoms with Crippen LogP contribution in [-0.2, 0) is 5.54 Å². The van der Waals surface area contributed by atoms with Crippen LogP contribution < -0.4 is 5.73 Å². The third kappa shape index (κ3) is 1.58. The summed E-state index contributed by atoms with van der Waals surface area (Å²) in [6, 6.07) is 4.05. The maximum atomic E-state index is 5.99. The van der Waals surface area contributed by atoms with Crippen LogP contribution >= 0.6 is 0 Å². The summed E-state index contributed by atoms with van der Waals surface area (Å²) < 4.78 is 1.93. The minimum absolute atomic E-state index is 0.0882. The summed E-state index contributed by atoms with van der Waals surface area (Å²) in [5, 5.41) is 12.1. The number of hydrogen-bond donors (Lipinski definition) is 1. The average Bonchev–Trinajstić information content (AvgIpc) is 2.89. The third-order valence-corrected chi connectivity index (χ3v) is 3.81. The predicted molar refractivity (Wildman–Crippen MR) is 70.0 cm³/mol. The first kappa shape index (κ1) is 11.2. The molecule has 1 fully saturated rings. The minimum atomic E-state index is 0.0882. The van der Waals surface area contributed by atoms with E-state index in [4.69, 9.17) is 5.73 Å². The van der Waals surface area contributed by atoms with Gasteiger partial charge in [-0.1, -0.05) is 6.07 Å². The molecule has 0 saturated heterocycles. The lowest BCUT2D eigenvalue weighted by Crippen LogP contribution is -2.16. The van der Waals surface area contributed by atoms with Gasteiger partial charge in [-0.05, 0) is 61.2 Å². The number of nitrogens with two attached hydrogens (primary N) is 1. The fourth-order valence-corrected chi connectivity index (χ4v) is 2.22. The number of anilines is 1. The molecule has 1 aliphatic carbocycles. The lowest BCUT2D eigenvalue weighted by Gasteiger charge is -2.13. The topological polar surface area (TPSA) is 69.6 Å². The summed E-state index contributed by atoms with van der Waals surface area (Å²) in [4.78, 5) is 0. The molecule has 0 spiro atoms. The molecule has 2 N–H and O–H groups in total. The molecule has 18 heavy (non-hydrogen) atoms. The molecule has 1 aromatic heterocycles. The fourth-order valence-electron chi connectivity index (χ4n) is 2.22. The molecule has 0 bridgehead atoms. The van der Waals surface area contributed by atoms with Gasteiger partial charge in [-0.3, -0.25) is 0 Å². The van der Waals surface area contributed by atoms with Gasteiger partial charge in [-0.15, -0.1) is 5.10 Å². The van der Waals surface area contributed by atoms with Crippen LogP contribution in [0.15, 0.2) is 12.1 Å². The van der Waals surface area contributed by atoms with Gasteiger partial charge in [-0.2, -0.15) is 0 Å². The Hall–Kier alpha value is -1.91. The van der Waals surface area contributed by atoms with Gasteiger partial charge < -0.3 is 5.73 Å². The maximum absolute atomic E-state index is 5.99. The SMILES string of the molecule is Cc1cc(C)c(-c2nnnn2C2(C)CC2)cc1N. The Morgan fingerprint density at radius 1 is 1.22 bits per heavy atom. The molecule has 0 atom stereocenters. The van der Waals surface area contributed by atoms with Crippen LogP contribution in [0.4, 0.5) is 5.69 Å². The third-order valence-electron chi connectivity index (χ3n) is 3.81. The molecule has 5 heteroatoms. The number of hydrogen-bond acceptors (Lipinski definition) is 4. The molecule has 1 heterocycles. The van der Waals surface area contributed by atoms with Crippen molar-refractivity contribution >= 4 is 5.69 Å². The molecular weight excluding hydrogens is 226 g/mol. The Kier molecular flexibility index (Phi) is 2.20. The van der Waals surface area contributed by atoms with Crippen molar-refractivity contribution in [1.82, 2.24) is 20.2 Å². The lowest BCUT2D eigenvalue weighted by atomic mass is 10.0. The van der Waals surface area contributed by atoms with Crippen LogP contribution in [0.2, 0.25) is 0 Å². The number of benzene rings is 1. The van der Waals surface area contributed by atoms with E-state index in [1.54, 1.807) is 0 Å². The van der Waals surface area contributed by atoms with Gasteiger partial charge in [0.05, 0.1) is 5.54 Å². The second-order valence-corrected chi connectivity index (χ2v) is 5.43. The van der Waals surface area contributed by atoms with Crippen molar-refractivity contribution in [3.05, 3.63) is 23.3 Å². The van der Waals surface area contributed by atoms with Gasteiger partial charge in [0.25, 0.3) is 0 Å². The first-order chi connectivity index (χ1) is 8.51. The Labute approximate surface area is 106 Å². The zero-order valence-corrected chi connectivity index (χ0v) is 10.9. The Balaban J connectivity index is 2.16. The van der Waals surface area contributed by atoms with Crippen LogP contribution in [0.5, 0.6) is 0 Å². The number of aryl methyl sites for hydroxylation is 2. The van der Waals surface area contributed by atoms with Crippen molar-refractivity contribution in [2.45, 2.75) is 39.2 Å². The molecular formula is C13H17N5. The average molecular weight is 243 g/mol. The summed E-state index contributed by atoms with van der Waals surface area (Å²) in [7, 11) is 0. The van der Waals surface area contributed by atoms with Gasteiger partial charge in [0.15, 0.2) is 5.82 Å². The van der Waals surface area contributed by atoms with Crippen LogP contribution in [-0.4, -0.2) is 20.2 Å². The largest absolute Gasteiger partial charge is 0.398 e. The van der Waals surface area contributed by atoms with Crippen LogP contribution in [0.3, 0.4) is 0 Å². The van der Waals surface area contributed by atoms with Crippen LogP contribution in [0.1, 0.15) is 30.9 Å². The molecule has 94 valence electrons. The van der Waals surface area contributed by atoms with Gasteiger partial charge in [0, 0.05) is 11.3 Å². The number of nitrogens with zero attached hydrogens (tertiary/aromatic N) is 4. The van der Waals surface area contributed by atoms with Crippen molar-refractivity contribution < 1.29 is 0 Å². The smallest absolute Gasteiger partial charge is 0.182 e. The van der Waals surface area contributed by atoms with Crippen molar-refractivity contribution in [1.29, 1.82) is 0 Å². The second-order valence-electron chi connectivity index (χ2n) is 5.43. The highest BCUT2D eigenvalue weighted by Crippen LogP contribution is 2.44. The number of aromatic nitrogens is 4. The van der Waals surface area contributed by atoms with Gasteiger partial charge in [0.2, 0.25) is 0 Å². The molecule has 1 aromatic carbocycles. The van der Waals surface area contributed by atoms with E-state index in [9.17, 15) is 0 Å². The van der Waals surface area contributed by atoms with Gasteiger partial charge in [-0.25, -0.2) is 4.68 Å². The zero-order chi connectivity index (χ0) is 12.9. The van der Waals surface area contributed by atoms with E-state index in [1.807, 2.05) is 17.7 Å². The standard InChI is InChI=1S/C13H17N5/c1-8-6-9(2)11(14)7-10(8)12-15-16-17-18(12)13(3)4-5-13/h6-7H,4-5,14H2,1-3H3. The Morgan fingerprint density at radius 3 is 2.61 bits per heavy atom. The number of tetrazole rings is 1. The van der Waals surface area contributed by atoms with Gasteiger partial charge in [0.1, 0.15) is 0 Å². The van der Waals surface area contributed by atoms with E-state index in [2.05, 4.69) is 35.4 Å². The van der Waals surface area contributed by atoms with E-state index < -0.39 is 0 Å². The highest BCUT2D eigenvalue weighted by molar-refractivity contribution is 5.67. The normalized spacial score (nSPS) is 16.8. The van der Waals surface area contributed by atoms with Crippen molar-refractivity contribution in [2.75, 3.05) is 5.73 Å². The first-order valence-corrected chi connectivity index (χ1v) is 6.17. The summed E-state index contributed by atoms with van der Waals surface area (Å²) in [5.41, 5.74) is 10.1. The summed E-state index contributed by atoms with van der Waals surface area (Å²) in [6.07, 6.45) is 2.26. The van der Waals surface area contributed by atoms with Gasteiger partial charge >= 0.3 is 0 Å². The van der Waals surface area contributed by atoms with Crippen molar-refractivity contribution in [3.63, 3.8) is 0 Å². The maximum Gasteiger partial charge on any atom is 0.182 e. The molecule has 0 aliphatic heterocycles. The summed E-state index contributed by atoms with van der Waals surface area (Å²) in [6.45, 7) is 6.26. The molecule has 3 rings (SSSR count). The second kappa shape index (κ2) is 3.54. The lowest BCUT2D eigenvalue weighted by molar-refractivity contribution is 0.463. The zero-order valence-electron chi connectivity index (χ0n) is 10.9. The summed E-state index contributed by atoms with van der Waals surface area (Å²) in [5.74, 6) is 0.819. The van der Waals surface area contributed by atoms with E-state index >= 15 is 0 Å². The molecule has 0 unspecified atom stereocenters. The van der Waals surface area contributed by atoms with Crippen molar-refractivity contribution in [3.8, 4) is 11.4 Å². The Bertz CT molecular complexity index is 610. The minimum Gasteiger partial charge on any atom is -0.398 e. The molecule has 0 radical (unpaired) electrons. The fraction of sp³-hybridized carbons (Fsp3) is 0.462. The van der Waals surface area contributed by atoms with E-state index in [-0.39, 0.29) is 5.54 Å². The van der Waals surface area contributed by atoms with Crippen LogP contribution in [0, 0.1) is 13.8 Å². The number of rotatable bonds is 2. The van der Waals surface area contributed by atoms with E-state index in [0.29, 0.717) is 0 Å². The molecule has 0 amide bonds. The Morgan fingerprint density at radius 2 is 1.94 bits per heavy atom. The highest BCUT2D eigenvalue weighted by atomic mass is 15.6. The monoisotopic (exact) mass is 243 g/mol.